The van der Waals surface area contributed by atoms with E-state index >= 15 is 0 Å². The summed E-state index contributed by atoms with van der Waals surface area (Å²) in [5.41, 5.74) is 0.784. The zero-order chi connectivity index (χ0) is 13.7. The first kappa shape index (κ1) is 13.8. The fraction of sp³-hybridized carbons (Fsp3) is 0.214. The van der Waals surface area contributed by atoms with Crippen LogP contribution in [0.3, 0.4) is 0 Å². The molecular weight excluding hydrogens is 308 g/mol. The number of hydrogen-bond acceptors (Lipinski definition) is 2. The standard InChI is InChI=1S/C14H15BrN2O2/c1-10(13-7-4-8-19-13)16-9-14(18)17-12-6-3-2-5-11(12)15/h2-8,10,16H,9H2,1H3,(H,17,18)/p+1/t10-/m1/s1. The van der Waals surface area contributed by atoms with Gasteiger partial charge in [0.2, 0.25) is 0 Å². The van der Waals surface area contributed by atoms with Gasteiger partial charge in [0.25, 0.3) is 5.91 Å². The quantitative estimate of drug-likeness (QED) is 0.887. The minimum absolute atomic E-state index is 0.0368. The number of halogens is 1. The Bertz CT molecular complexity index is 540. The zero-order valence-corrected chi connectivity index (χ0v) is 12.2. The van der Waals surface area contributed by atoms with E-state index in [2.05, 4.69) is 21.2 Å². The first-order chi connectivity index (χ1) is 9.16. The Morgan fingerprint density at radius 3 is 2.84 bits per heavy atom. The van der Waals surface area contributed by atoms with Gasteiger partial charge >= 0.3 is 0 Å². The Morgan fingerprint density at radius 2 is 2.16 bits per heavy atom. The van der Waals surface area contributed by atoms with Crippen molar-refractivity contribution in [1.82, 2.24) is 0 Å². The number of quaternary nitrogens is 1. The number of para-hydroxylation sites is 1. The molecule has 1 atom stereocenters. The maximum Gasteiger partial charge on any atom is 0.279 e. The highest BCUT2D eigenvalue weighted by Crippen LogP contribution is 2.20. The smallest absolute Gasteiger partial charge is 0.279 e. The van der Waals surface area contributed by atoms with Crippen LogP contribution < -0.4 is 10.6 Å². The molecule has 1 aromatic carbocycles. The lowest BCUT2D eigenvalue weighted by molar-refractivity contribution is -0.684. The molecule has 0 bridgehead atoms. The van der Waals surface area contributed by atoms with Crippen molar-refractivity contribution in [3.8, 4) is 0 Å². The molecule has 19 heavy (non-hydrogen) atoms. The molecule has 2 rings (SSSR count). The Kier molecular flexibility index (Phi) is 4.76. The summed E-state index contributed by atoms with van der Waals surface area (Å²) in [6.07, 6.45) is 1.64. The van der Waals surface area contributed by atoms with Gasteiger partial charge in [0, 0.05) is 4.47 Å². The van der Waals surface area contributed by atoms with Crippen molar-refractivity contribution >= 4 is 27.5 Å². The lowest BCUT2D eigenvalue weighted by Crippen LogP contribution is -2.86. The molecule has 0 aliphatic rings. The minimum Gasteiger partial charge on any atom is -0.463 e. The van der Waals surface area contributed by atoms with E-state index in [9.17, 15) is 4.79 Å². The molecule has 0 unspecified atom stereocenters. The maximum atomic E-state index is 11.8. The Labute approximate surface area is 120 Å². The minimum atomic E-state index is -0.0368. The number of furan rings is 1. The number of amides is 1. The molecule has 0 spiro atoms. The Morgan fingerprint density at radius 1 is 1.37 bits per heavy atom. The summed E-state index contributed by atoms with van der Waals surface area (Å²) >= 11 is 3.40. The van der Waals surface area contributed by atoms with Gasteiger partial charge in [0.1, 0.15) is 6.04 Å². The second-order valence-electron chi connectivity index (χ2n) is 4.27. The number of anilines is 1. The van der Waals surface area contributed by atoms with Gasteiger partial charge in [-0.3, -0.25) is 4.79 Å². The lowest BCUT2D eigenvalue weighted by atomic mass is 10.2. The highest BCUT2D eigenvalue weighted by atomic mass is 79.9. The number of rotatable bonds is 5. The fourth-order valence-corrected chi connectivity index (χ4v) is 2.10. The number of nitrogens with one attached hydrogen (secondary N) is 1. The summed E-state index contributed by atoms with van der Waals surface area (Å²) in [5.74, 6) is 0.832. The van der Waals surface area contributed by atoms with Gasteiger partial charge in [0.05, 0.1) is 12.0 Å². The third-order valence-electron chi connectivity index (χ3n) is 2.80. The number of benzene rings is 1. The highest BCUT2D eigenvalue weighted by molar-refractivity contribution is 9.10. The van der Waals surface area contributed by atoms with E-state index in [1.54, 1.807) is 6.26 Å². The Hall–Kier alpha value is -1.59. The van der Waals surface area contributed by atoms with Crippen LogP contribution >= 0.6 is 15.9 Å². The normalized spacial score (nSPS) is 12.1. The third kappa shape index (κ3) is 3.94. The van der Waals surface area contributed by atoms with Crippen LogP contribution in [0.5, 0.6) is 0 Å². The summed E-state index contributed by atoms with van der Waals surface area (Å²) < 4.78 is 6.17. The summed E-state index contributed by atoms with van der Waals surface area (Å²) in [4.78, 5) is 11.8. The summed E-state index contributed by atoms with van der Waals surface area (Å²) in [6, 6.07) is 11.4. The SMILES string of the molecule is C[C@@H]([NH2+]CC(=O)Nc1ccccc1Br)c1ccco1. The average molecular weight is 324 g/mol. The van der Waals surface area contributed by atoms with Crippen molar-refractivity contribution in [3.05, 3.63) is 52.9 Å². The number of hydrogen-bond donors (Lipinski definition) is 2. The van der Waals surface area contributed by atoms with Crippen molar-refractivity contribution in [2.24, 2.45) is 0 Å². The first-order valence-corrected chi connectivity index (χ1v) is 6.87. The van der Waals surface area contributed by atoms with Crippen molar-refractivity contribution in [2.45, 2.75) is 13.0 Å². The van der Waals surface area contributed by atoms with E-state index < -0.39 is 0 Å². The zero-order valence-electron chi connectivity index (χ0n) is 10.6. The topological polar surface area (TPSA) is 58.9 Å². The molecule has 100 valence electrons. The van der Waals surface area contributed by atoms with Crippen molar-refractivity contribution in [1.29, 1.82) is 0 Å². The average Bonchev–Trinajstić information content (AvgIpc) is 2.93. The summed E-state index contributed by atoms with van der Waals surface area (Å²) in [7, 11) is 0. The van der Waals surface area contributed by atoms with Gasteiger partial charge in [-0.25, -0.2) is 0 Å². The molecule has 0 saturated carbocycles. The fourth-order valence-electron chi connectivity index (χ4n) is 1.71. The van der Waals surface area contributed by atoms with Crippen LogP contribution in [0.25, 0.3) is 0 Å². The van der Waals surface area contributed by atoms with Crippen LogP contribution in [-0.2, 0) is 4.79 Å². The molecule has 2 aromatic rings. The second kappa shape index (κ2) is 6.54. The molecule has 4 nitrogen and oxygen atoms in total. The van der Waals surface area contributed by atoms with Gasteiger partial charge in [-0.1, -0.05) is 12.1 Å². The molecule has 3 N–H and O–H groups in total. The molecule has 1 aromatic heterocycles. The molecule has 1 heterocycles. The van der Waals surface area contributed by atoms with E-state index in [0.29, 0.717) is 6.54 Å². The van der Waals surface area contributed by atoms with E-state index in [0.717, 1.165) is 15.9 Å². The molecule has 0 aliphatic carbocycles. The largest absolute Gasteiger partial charge is 0.463 e. The molecule has 0 fully saturated rings. The van der Waals surface area contributed by atoms with E-state index in [1.807, 2.05) is 48.6 Å². The second-order valence-corrected chi connectivity index (χ2v) is 5.13. The maximum absolute atomic E-state index is 11.8. The van der Waals surface area contributed by atoms with Crippen LogP contribution in [0, 0.1) is 0 Å². The van der Waals surface area contributed by atoms with Gasteiger partial charge < -0.3 is 15.1 Å². The van der Waals surface area contributed by atoms with Crippen LogP contribution in [0.15, 0.2) is 51.6 Å². The predicted molar refractivity (Wildman–Crippen MR) is 76.7 cm³/mol. The monoisotopic (exact) mass is 323 g/mol. The van der Waals surface area contributed by atoms with Gasteiger partial charge in [-0.15, -0.1) is 0 Å². The number of carbonyl (C=O) groups is 1. The van der Waals surface area contributed by atoms with E-state index in [4.69, 9.17) is 4.42 Å². The molecule has 1 amide bonds. The predicted octanol–water partition coefficient (Wildman–Crippen LogP) is 2.31. The van der Waals surface area contributed by atoms with Crippen LogP contribution in [-0.4, -0.2) is 12.5 Å². The molecule has 0 aliphatic heterocycles. The van der Waals surface area contributed by atoms with Crippen molar-refractivity contribution in [3.63, 3.8) is 0 Å². The van der Waals surface area contributed by atoms with Crippen LogP contribution in [0.2, 0.25) is 0 Å². The third-order valence-corrected chi connectivity index (χ3v) is 3.49. The van der Waals surface area contributed by atoms with Crippen LogP contribution in [0.4, 0.5) is 5.69 Å². The number of nitrogens with two attached hydrogens (primary N) is 1. The molecule has 0 radical (unpaired) electrons. The summed E-state index contributed by atoms with van der Waals surface area (Å²) in [6.45, 7) is 2.35. The van der Waals surface area contributed by atoms with Crippen molar-refractivity contribution < 1.29 is 14.5 Å². The Balaban J connectivity index is 1.84. The van der Waals surface area contributed by atoms with Gasteiger partial charge in [0.15, 0.2) is 12.3 Å². The summed E-state index contributed by atoms with van der Waals surface area (Å²) in [5, 5.41) is 4.80. The first-order valence-electron chi connectivity index (χ1n) is 6.08. The molecule has 5 heteroatoms. The van der Waals surface area contributed by atoms with E-state index in [1.165, 1.54) is 0 Å². The van der Waals surface area contributed by atoms with Crippen LogP contribution in [0.1, 0.15) is 18.7 Å². The molecular formula is C14H16BrN2O2+. The highest BCUT2D eigenvalue weighted by Gasteiger charge is 2.14. The van der Waals surface area contributed by atoms with E-state index in [-0.39, 0.29) is 11.9 Å². The van der Waals surface area contributed by atoms with Gasteiger partial charge in [-0.2, -0.15) is 0 Å². The lowest BCUT2D eigenvalue weighted by Gasteiger charge is -2.09. The molecule has 0 saturated heterocycles. The van der Waals surface area contributed by atoms with Crippen molar-refractivity contribution in [2.75, 3.05) is 11.9 Å². The van der Waals surface area contributed by atoms with Gasteiger partial charge in [-0.05, 0) is 47.1 Å². The number of carbonyl (C=O) groups excluding carboxylic acids is 1.